The minimum absolute atomic E-state index is 0.272. The Morgan fingerprint density at radius 2 is 1.74 bits per heavy atom. The highest BCUT2D eigenvalue weighted by Gasteiger charge is 2.28. The summed E-state index contributed by atoms with van der Waals surface area (Å²) in [6.07, 6.45) is -4.42. The number of alkyl halides is 3. The number of amides is 3. The molecule has 0 heterocycles. The van der Waals surface area contributed by atoms with Gasteiger partial charge in [-0.2, -0.15) is 13.2 Å². The second-order valence-corrected chi connectivity index (χ2v) is 4.14. The molecular formula is C10H19F3N4O2. The van der Waals surface area contributed by atoms with Crippen molar-refractivity contribution in [2.24, 2.45) is 0 Å². The van der Waals surface area contributed by atoms with Crippen molar-refractivity contribution < 1.29 is 22.8 Å². The van der Waals surface area contributed by atoms with Gasteiger partial charge in [0, 0.05) is 27.2 Å². The normalized spacial score (nSPS) is 12.7. The van der Waals surface area contributed by atoms with Gasteiger partial charge in [-0.05, 0) is 6.92 Å². The third-order valence-corrected chi connectivity index (χ3v) is 2.11. The van der Waals surface area contributed by atoms with Crippen molar-refractivity contribution in [3.63, 3.8) is 0 Å². The molecule has 0 saturated heterocycles. The summed E-state index contributed by atoms with van der Waals surface area (Å²) in [6, 6.07) is -1.05. The summed E-state index contributed by atoms with van der Waals surface area (Å²) < 4.78 is 35.6. The first-order chi connectivity index (χ1) is 8.63. The van der Waals surface area contributed by atoms with Crippen molar-refractivity contribution >= 4 is 11.9 Å². The average molecular weight is 284 g/mol. The van der Waals surface area contributed by atoms with E-state index in [2.05, 4.69) is 10.6 Å². The molecule has 1 atom stereocenters. The van der Waals surface area contributed by atoms with Crippen LogP contribution in [0.3, 0.4) is 0 Å². The van der Waals surface area contributed by atoms with Crippen molar-refractivity contribution in [1.82, 2.24) is 20.9 Å². The fraction of sp³-hybridized carbons (Fsp3) is 0.800. The summed E-state index contributed by atoms with van der Waals surface area (Å²) in [6.45, 7) is 0.642. The predicted octanol–water partition coefficient (Wildman–Crippen LogP) is -0.0858. The number of urea groups is 1. The zero-order chi connectivity index (χ0) is 15.1. The van der Waals surface area contributed by atoms with E-state index in [9.17, 15) is 22.8 Å². The van der Waals surface area contributed by atoms with E-state index in [-0.39, 0.29) is 19.1 Å². The van der Waals surface area contributed by atoms with Crippen molar-refractivity contribution in [3.8, 4) is 0 Å². The minimum Gasteiger partial charge on any atom is -0.346 e. The van der Waals surface area contributed by atoms with Gasteiger partial charge < -0.3 is 20.9 Å². The van der Waals surface area contributed by atoms with E-state index in [4.69, 9.17) is 0 Å². The van der Waals surface area contributed by atoms with Gasteiger partial charge in [0.1, 0.15) is 6.54 Å². The monoisotopic (exact) mass is 284 g/mol. The first-order valence-electron chi connectivity index (χ1n) is 5.66. The quantitative estimate of drug-likeness (QED) is 0.597. The molecule has 19 heavy (non-hydrogen) atoms. The second kappa shape index (κ2) is 7.82. The first-order valence-corrected chi connectivity index (χ1v) is 5.66. The summed E-state index contributed by atoms with van der Waals surface area (Å²) >= 11 is 0. The summed E-state index contributed by atoms with van der Waals surface area (Å²) in [5.41, 5.74) is 0. The third-order valence-electron chi connectivity index (χ3n) is 2.11. The smallest absolute Gasteiger partial charge is 0.346 e. The number of carbonyl (C=O) groups is 2. The Hall–Kier alpha value is -1.51. The SMILES string of the molecule is CC(NCCNC(=O)N(C)C)C(=O)NCC(F)(F)F. The van der Waals surface area contributed by atoms with Crippen LogP contribution in [-0.4, -0.2) is 62.8 Å². The fourth-order valence-corrected chi connectivity index (χ4v) is 1.05. The van der Waals surface area contributed by atoms with Gasteiger partial charge in [0.05, 0.1) is 6.04 Å². The van der Waals surface area contributed by atoms with Gasteiger partial charge in [-0.25, -0.2) is 4.79 Å². The number of halogens is 3. The zero-order valence-electron chi connectivity index (χ0n) is 11.1. The van der Waals surface area contributed by atoms with E-state index in [1.54, 1.807) is 19.4 Å². The van der Waals surface area contributed by atoms with Gasteiger partial charge in [0.2, 0.25) is 5.91 Å². The molecular weight excluding hydrogens is 265 g/mol. The lowest BCUT2D eigenvalue weighted by molar-refractivity contribution is -0.139. The Morgan fingerprint density at radius 3 is 2.21 bits per heavy atom. The molecule has 3 N–H and O–H groups in total. The molecule has 0 radical (unpaired) electrons. The summed E-state index contributed by atoms with van der Waals surface area (Å²) in [5, 5.41) is 7.01. The molecule has 3 amide bonds. The Bertz CT molecular complexity index is 308. The number of hydrogen-bond donors (Lipinski definition) is 3. The average Bonchev–Trinajstić information content (AvgIpc) is 2.29. The summed E-state index contributed by atoms with van der Waals surface area (Å²) in [5.74, 6) is -0.740. The van der Waals surface area contributed by atoms with Gasteiger partial charge in [0.15, 0.2) is 0 Å². The Balaban J connectivity index is 3.77. The molecule has 0 aromatic rings. The summed E-state index contributed by atoms with van der Waals surface area (Å²) in [7, 11) is 3.16. The molecule has 0 bridgehead atoms. The predicted molar refractivity (Wildman–Crippen MR) is 63.6 cm³/mol. The number of carbonyl (C=O) groups excluding carboxylic acids is 2. The Morgan fingerprint density at radius 1 is 1.16 bits per heavy atom. The van der Waals surface area contributed by atoms with Crippen LogP contribution in [-0.2, 0) is 4.79 Å². The third kappa shape index (κ3) is 9.11. The van der Waals surface area contributed by atoms with E-state index in [0.717, 1.165) is 0 Å². The van der Waals surface area contributed by atoms with Gasteiger partial charge in [0.25, 0.3) is 0 Å². The maximum absolute atomic E-state index is 11.9. The first kappa shape index (κ1) is 17.5. The van der Waals surface area contributed by atoms with E-state index < -0.39 is 24.7 Å². The molecule has 0 aliphatic rings. The van der Waals surface area contributed by atoms with E-state index in [0.29, 0.717) is 0 Å². The van der Waals surface area contributed by atoms with Crippen LogP contribution in [0.15, 0.2) is 0 Å². The van der Waals surface area contributed by atoms with Gasteiger partial charge in [-0.1, -0.05) is 0 Å². The van der Waals surface area contributed by atoms with Gasteiger partial charge >= 0.3 is 12.2 Å². The van der Waals surface area contributed by atoms with Crippen molar-refractivity contribution in [2.45, 2.75) is 19.1 Å². The highest BCUT2D eigenvalue weighted by Crippen LogP contribution is 2.12. The van der Waals surface area contributed by atoms with Crippen LogP contribution in [0.5, 0.6) is 0 Å². The largest absolute Gasteiger partial charge is 0.405 e. The van der Waals surface area contributed by atoms with Crippen molar-refractivity contribution in [3.05, 3.63) is 0 Å². The van der Waals surface area contributed by atoms with Gasteiger partial charge in [-0.3, -0.25) is 4.79 Å². The minimum atomic E-state index is -4.42. The molecule has 0 saturated carbocycles. The maximum atomic E-state index is 11.9. The molecule has 9 heteroatoms. The molecule has 0 rings (SSSR count). The topological polar surface area (TPSA) is 73.5 Å². The van der Waals surface area contributed by atoms with E-state index in [1.807, 2.05) is 0 Å². The van der Waals surface area contributed by atoms with Crippen LogP contribution in [0.2, 0.25) is 0 Å². The summed E-state index contributed by atoms with van der Waals surface area (Å²) in [4.78, 5) is 23.7. The zero-order valence-corrected chi connectivity index (χ0v) is 11.1. The Kier molecular flexibility index (Phi) is 7.20. The van der Waals surface area contributed by atoms with Crippen LogP contribution < -0.4 is 16.0 Å². The molecule has 0 aliphatic carbocycles. The van der Waals surface area contributed by atoms with Crippen LogP contribution in [0.1, 0.15) is 6.92 Å². The van der Waals surface area contributed by atoms with Crippen LogP contribution in [0.4, 0.5) is 18.0 Å². The lowest BCUT2D eigenvalue weighted by Gasteiger charge is -2.16. The van der Waals surface area contributed by atoms with Crippen molar-refractivity contribution in [2.75, 3.05) is 33.7 Å². The van der Waals surface area contributed by atoms with Crippen molar-refractivity contribution in [1.29, 1.82) is 0 Å². The van der Waals surface area contributed by atoms with E-state index in [1.165, 1.54) is 11.8 Å². The standard InChI is InChI=1S/C10H19F3N4O2/c1-7(8(18)16-6-10(11,12)13)14-4-5-15-9(19)17(2)3/h7,14H,4-6H2,1-3H3,(H,15,19)(H,16,18). The molecule has 0 aliphatic heterocycles. The van der Waals surface area contributed by atoms with E-state index >= 15 is 0 Å². The highest BCUT2D eigenvalue weighted by molar-refractivity contribution is 5.81. The molecule has 0 spiro atoms. The van der Waals surface area contributed by atoms with Crippen LogP contribution >= 0.6 is 0 Å². The maximum Gasteiger partial charge on any atom is 0.405 e. The molecule has 0 aromatic heterocycles. The molecule has 112 valence electrons. The number of hydrogen-bond acceptors (Lipinski definition) is 3. The fourth-order valence-electron chi connectivity index (χ4n) is 1.05. The highest BCUT2D eigenvalue weighted by atomic mass is 19.4. The molecule has 0 fully saturated rings. The van der Waals surface area contributed by atoms with Crippen LogP contribution in [0.25, 0.3) is 0 Å². The molecule has 1 unspecified atom stereocenters. The lowest BCUT2D eigenvalue weighted by atomic mass is 10.3. The number of rotatable bonds is 6. The van der Waals surface area contributed by atoms with Gasteiger partial charge in [-0.15, -0.1) is 0 Å². The number of nitrogens with one attached hydrogen (secondary N) is 3. The molecule has 6 nitrogen and oxygen atoms in total. The second-order valence-electron chi connectivity index (χ2n) is 4.14. The van der Waals surface area contributed by atoms with Crippen LogP contribution in [0, 0.1) is 0 Å². The Labute approximate surface area is 109 Å². The molecule has 0 aromatic carbocycles. The lowest BCUT2D eigenvalue weighted by Crippen LogP contribution is -2.47. The number of nitrogens with zero attached hydrogens (tertiary/aromatic N) is 1.